The summed E-state index contributed by atoms with van der Waals surface area (Å²) in [5.74, 6) is 0. The summed E-state index contributed by atoms with van der Waals surface area (Å²) in [6, 6.07) is 2.23. The highest BCUT2D eigenvalue weighted by Crippen LogP contribution is 2.21. The topological polar surface area (TPSA) is 35.8 Å². The van der Waals surface area contributed by atoms with E-state index in [4.69, 9.17) is 5.26 Å². The van der Waals surface area contributed by atoms with Gasteiger partial charge in [-0.15, -0.1) is 0 Å². The van der Waals surface area contributed by atoms with Crippen LogP contribution in [0.2, 0.25) is 0 Å². The van der Waals surface area contributed by atoms with E-state index in [1.54, 1.807) is 5.57 Å². The van der Waals surface area contributed by atoms with E-state index in [9.17, 15) is 0 Å². The Labute approximate surface area is 106 Å². The lowest BCUT2D eigenvalue weighted by atomic mass is 9.88. The Balaban J connectivity index is 2.10. The smallest absolute Gasteiger partial charge is 0.0621 e. The van der Waals surface area contributed by atoms with Gasteiger partial charge in [-0.3, -0.25) is 0 Å². The summed E-state index contributed by atoms with van der Waals surface area (Å²) in [6.07, 6.45) is 10.6. The fraction of sp³-hybridized carbons (Fsp3) is 0.800. The minimum absolute atomic E-state index is 0.247. The average molecular weight is 234 g/mol. The molecule has 0 amide bonds. The number of hydrogen-bond acceptors (Lipinski definition) is 2. The van der Waals surface area contributed by atoms with Gasteiger partial charge in [-0.1, -0.05) is 25.5 Å². The number of allylic oxidation sites excluding steroid dienone is 1. The summed E-state index contributed by atoms with van der Waals surface area (Å²) in [5.41, 5.74) is 1.88. The van der Waals surface area contributed by atoms with Crippen LogP contribution in [0.4, 0.5) is 0 Å². The van der Waals surface area contributed by atoms with Crippen molar-refractivity contribution in [2.24, 2.45) is 5.41 Å². The largest absolute Gasteiger partial charge is 0.316 e. The molecule has 0 aromatic heterocycles. The fourth-order valence-electron chi connectivity index (χ4n) is 2.29. The molecule has 0 heterocycles. The normalized spacial score (nSPS) is 16.4. The van der Waals surface area contributed by atoms with Crippen LogP contribution in [0.15, 0.2) is 11.6 Å². The van der Waals surface area contributed by atoms with Gasteiger partial charge >= 0.3 is 0 Å². The standard InChI is InChI=1S/C15H26N2/c1-15(2,10-6-11-16)13-17-12-9-14-7-4-3-5-8-14/h7,17H,3-6,8-10,12-13H2,1-2H3. The third-order valence-corrected chi connectivity index (χ3v) is 3.53. The van der Waals surface area contributed by atoms with Crippen LogP contribution >= 0.6 is 0 Å². The van der Waals surface area contributed by atoms with Gasteiger partial charge in [0.15, 0.2) is 0 Å². The van der Waals surface area contributed by atoms with Gasteiger partial charge in [0, 0.05) is 13.0 Å². The second kappa shape index (κ2) is 7.50. The number of nitrogens with zero attached hydrogens (tertiary/aromatic N) is 1. The van der Waals surface area contributed by atoms with Gasteiger partial charge < -0.3 is 5.32 Å². The van der Waals surface area contributed by atoms with E-state index < -0.39 is 0 Å². The molecule has 0 fully saturated rings. The molecule has 1 aliphatic rings. The molecule has 96 valence electrons. The monoisotopic (exact) mass is 234 g/mol. The zero-order chi connectivity index (χ0) is 12.6. The molecule has 2 nitrogen and oxygen atoms in total. The minimum Gasteiger partial charge on any atom is -0.316 e. The molecule has 1 rings (SSSR count). The lowest BCUT2D eigenvalue weighted by Crippen LogP contribution is -2.30. The van der Waals surface area contributed by atoms with Crippen LogP contribution in [-0.2, 0) is 0 Å². The van der Waals surface area contributed by atoms with Crippen LogP contribution in [0.5, 0.6) is 0 Å². The predicted octanol–water partition coefficient (Wildman–Crippen LogP) is 3.80. The Morgan fingerprint density at radius 3 is 2.88 bits per heavy atom. The molecule has 0 atom stereocenters. The third-order valence-electron chi connectivity index (χ3n) is 3.53. The molecule has 1 aliphatic carbocycles. The zero-order valence-electron chi connectivity index (χ0n) is 11.4. The van der Waals surface area contributed by atoms with Gasteiger partial charge in [0.05, 0.1) is 6.07 Å². The van der Waals surface area contributed by atoms with Crippen LogP contribution < -0.4 is 5.32 Å². The summed E-state index contributed by atoms with van der Waals surface area (Å²) >= 11 is 0. The van der Waals surface area contributed by atoms with Crippen molar-refractivity contribution in [2.75, 3.05) is 13.1 Å². The number of rotatable bonds is 7. The van der Waals surface area contributed by atoms with Crippen molar-refractivity contribution in [1.29, 1.82) is 5.26 Å². The molecule has 0 unspecified atom stereocenters. The summed E-state index contributed by atoms with van der Waals surface area (Å²) in [6.45, 7) is 6.57. The Hall–Kier alpha value is -0.810. The summed E-state index contributed by atoms with van der Waals surface area (Å²) in [4.78, 5) is 0. The van der Waals surface area contributed by atoms with E-state index in [2.05, 4.69) is 31.3 Å². The molecule has 17 heavy (non-hydrogen) atoms. The van der Waals surface area contributed by atoms with Crippen molar-refractivity contribution >= 4 is 0 Å². The molecule has 0 saturated heterocycles. The molecule has 1 N–H and O–H groups in total. The van der Waals surface area contributed by atoms with Gasteiger partial charge in [0.25, 0.3) is 0 Å². The van der Waals surface area contributed by atoms with Crippen LogP contribution in [0.3, 0.4) is 0 Å². The van der Waals surface area contributed by atoms with E-state index in [0.717, 1.165) is 19.5 Å². The van der Waals surface area contributed by atoms with E-state index >= 15 is 0 Å². The van der Waals surface area contributed by atoms with Gasteiger partial charge in [-0.25, -0.2) is 0 Å². The predicted molar refractivity (Wildman–Crippen MR) is 72.7 cm³/mol. The fourth-order valence-corrected chi connectivity index (χ4v) is 2.29. The molecule has 0 radical (unpaired) electrons. The number of nitriles is 1. The van der Waals surface area contributed by atoms with E-state index in [1.165, 1.54) is 32.1 Å². The number of nitrogens with one attached hydrogen (secondary N) is 1. The highest BCUT2D eigenvalue weighted by molar-refractivity contribution is 5.05. The van der Waals surface area contributed by atoms with Crippen LogP contribution in [0, 0.1) is 16.7 Å². The van der Waals surface area contributed by atoms with Crippen molar-refractivity contribution < 1.29 is 0 Å². The maximum absolute atomic E-state index is 8.59. The lowest BCUT2D eigenvalue weighted by molar-refractivity contribution is 0.319. The zero-order valence-corrected chi connectivity index (χ0v) is 11.4. The van der Waals surface area contributed by atoms with E-state index in [1.807, 2.05) is 0 Å². The first-order valence-corrected chi connectivity index (χ1v) is 6.90. The highest BCUT2D eigenvalue weighted by Gasteiger charge is 2.16. The van der Waals surface area contributed by atoms with E-state index in [0.29, 0.717) is 6.42 Å². The first kappa shape index (κ1) is 14.3. The minimum atomic E-state index is 0.247. The van der Waals surface area contributed by atoms with Crippen LogP contribution in [-0.4, -0.2) is 13.1 Å². The number of hydrogen-bond donors (Lipinski definition) is 1. The molecule has 2 heteroatoms. The summed E-state index contributed by atoms with van der Waals surface area (Å²) in [7, 11) is 0. The van der Waals surface area contributed by atoms with Gasteiger partial charge in [0.1, 0.15) is 0 Å². The Morgan fingerprint density at radius 2 is 2.24 bits per heavy atom. The second-order valence-corrected chi connectivity index (χ2v) is 5.86. The SMILES string of the molecule is CC(C)(CCC#N)CNCCC1=CCCCC1. The van der Waals surface area contributed by atoms with Gasteiger partial charge in [0.2, 0.25) is 0 Å². The van der Waals surface area contributed by atoms with Crippen molar-refractivity contribution in [3.63, 3.8) is 0 Å². The summed E-state index contributed by atoms with van der Waals surface area (Å²) in [5, 5.41) is 12.1. The molecule has 0 saturated carbocycles. The van der Waals surface area contributed by atoms with Crippen molar-refractivity contribution in [3.8, 4) is 6.07 Å². The maximum atomic E-state index is 8.59. The Kier molecular flexibility index (Phi) is 6.29. The van der Waals surface area contributed by atoms with Gasteiger partial charge in [-0.2, -0.15) is 5.26 Å². The Morgan fingerprint density at radius 1 is 1.41 bits per heavy atom. The molecular weight excluding hydrogens is 208 g/mol. The molecule has 0 aromatic rings. The van der Waals surface area contributed by atoms with Crippen molar-refractivity contribution in [3.05, 3.63) is 11.6 Å². The second-order valence-electron chi connectivity index (χ2n) is 5.86. The average Bonchev–Trinajstić information content (AvgIpc) is 2.34. The summed E-state index contributed by atoms with van der Waals surface area (Å²) < 4.78 is 0. The van der Waals surface area contributed by atoms with Gasteiger partial charge in [-0.05, 0) is 50.5 Å². The molecular formula is C15H26N2. The third kappa shape index (κ3) is 6.48. The highest BCUT2D eigenvalue weighted by atomic mass is 14.9. The van der Waals surface area contributed by atoms with Crippen LogP contribution in [0.1, 0.15) is 58.8 Å². The molecule has 0 aliphatic heterocycles. The van der Waals surface area contributed by atoms with Crippen molar-refractivity contribution in [1.82, 2.24) is 5.32 Å². The molecule has 0 spiro atoms. The first-order chi connectivity index (χ1) is 8.14. The van der Waals surface area contributed by atoms with Crippen molar-refractivity contribution in [2.45, 2.75) is 58.8 Å². The van der Waals surface area contributed by atoms with Crippen LogP contribution in [0.25, 0.3) is 0 Å². The molecule has 0 aromatic carbocycles. The Bertz CT molecular complexity index is 284. The maximum Gasteiger partial charge on any atom is 0.0621 e. The molecule has 0 bridgehead atoms. The first-order valence-electron chi connectivity index (χ1n) is 6.90. The van der Waals surface area contributed by atoms with E-state index in [-0.39, 0.29) is 5.41 Å². The lowest BCUT2D eigenvalue weighted by Gasteiger charge is -2.24. The quantitative estimate of drug-likeness (QED) is 0.537.